The van der Waals surface area contributed by atoms with Gasteiger partial charge >= 0.3 is 0 Å². The highest BCUT2D eigenvalue weighted by atomic mass is 16.2. The monoisotopic (exact) mass is 251 g/mol. The Hall–Kier alpha value is -0.940. The van der Waals surface area contributed by atoms with E-state index >= 15 is 0 Å². The SMILES string of the molecule is NC(=O)CC(=O)C1N2CCC(CC2)C2CCCN21. The van der Waals surface area contributed by atoms with E-state index in [4.69, 9.17) is 5.73 Å². The van der Waals surface area contributed by atoms with Gasteiger partial charge in [-0.2, -0.15) is 0 Å². The summed E-state index contributed by atoms with van der Waals surface area (Å²) < 4.78 is 0. The van der Waals surface area contributed by atoms with Crippen LogP contribution in [0.5, 0.6) is 0 Å². The smallest absolute Gasteiger partial charge is 0.224 e. The van der Waals surface area contributed by atoms with Crippen LogP contribution in [0.2, 0.25) is 0 Å². The molecule has 18 heavy (non-hydrogen) atoms. The van der Waals surface area contributed by atoms with E-state index in [1.807, 2.05) is 0 Å². The van der Waals surface area contributed by atoms with E-state index in [0.717, 1.165) is 25.6 Å². The van der Waals surface area contributed by atoms with E-state index < -0.39 is 5.91 Å². The molecule has 5 nitrogen and oxygen atoms in total. The number of hydrogen-bond donors (Lipinski definition) is 1. The summed E-state index contributed by atoms with van der Waals surface area (Å²) in [6.07, 6.45) is 4.48. The predicted molar refractivity (Wildman–Crippen MR) is 66.6 cm³/mol. The lowest BCUT2D eigenvalue weighted by Crippen LogP contribution is -2.53. The fraction of sp³-hybridized carbons (Fsp3) is 0.846. The molecule has 4 aliphatic heterocycles. The Morgan fingerprint density at radius 1 is 1.11 bits per heavy atom. The molecule has 0 saturated carbocycles. The summed E-state index contributed by atoms with van der Waals surface area (Å²) in [4.78, 5) is 27.9. The molecule has 2 N–H and O–H groups in total. The molecule has 100 valence electrons. The first-order valence-electron chi connectivity index (χ1n) is 6.97. The topological polar surface area (TPSA) is 66.6 Å². The Bertz CT molecular complexity index is 363. The van der Waals surface area contributed by atoms with Gasteiger partial charge in [0, 0.05) is 25.7 Å². The Morgan fingerprint density at radius 2 is 1.83 bits per heavy atom. The standard InChI is InChI=1S/C13H21N3O2/c14-12(18)8-11(17)13-15-6-3-9(4-7-15)10-2-1-5-16(10)13/h9-10,13H,1-8H2,(H2,14,18). The summed E-state index contributed by atoms with van der Waals surface area (Å²) in [6.45, 7) is 2.98. The van der Waals surface area contributed by atoms with Crippen molar-refractivity contribution < 1.29 is 9.59 Å². The number of primary amides is 1. The van der Waals surface area contributed by atoms with E-state index in [2.05, 4.69) is 9.80 Å². The van der Waals surface area contributed by atoms with E-state index in [0.29, 0.717) is 6.04 Å². The highest BCUT2D eigenvalue weighted by Gasteiger charge is 2.46. The fourth-order valence-corrected chi connectivity index (χ4v) is 4.03. The normalized spacial score (nSPS) is 39.3. The van der Waals surface area contributed by atoms with Crippen molar-refractivity contribution in [3.8, 4) is 0 Å². The van der Waals surface area contributed by atoms with Gasteiger partial charge in [-0.05, 0) is 31.6 Å². The lowest BCUT2D eigenvalue weighted by molar-refractivity contribution is -0.134. The zero-order chi connectivity index (χ0) is 12.7. The highest BCUT2D eigenvalue weighted by Crippen LogP contribution is 2.38. The first-order chi connectivity index (χ1) is 8.66. The molecule has 1 amide bonds. The molecule has 5 heteroatoms. The van der Waals surface area contributed by atoms with Gasteiger partial charge < -0.3 is 5.73 Å². The van der Waals surface area contributed by atoms with Gasteiger partial charge in [0.2, 0.25) is 5.91 Å². The van der Waals surface area contributed by atoms with Crippen LogP contribution in [0.4, 0.5) is 0 Å². The first kappa shape index (κ1) is 12.1. The van der Waals surface area contributed by atoms with Crippen molar-refractivity contribution in [3.63, 3.8) is 0 Å². The first-order valence-corrected chi connectivity index (χ1v) is 6.97. The van der Waals surface area contributed by atoms with Crippen LogP contribution in [-0.4, -0.2) is 53.3 Å². The number of carbonyl (C=O) groups is 2. The lowest BCUT2D eigenvalue weighted by atomic mass is 9.89. The summed E-state index contributed by atoms with van der Waals surface area (Å²) in [5.74, 6) is 0.239. The molecule has 4 aliphatic rings. The van der Waals surface area contributed by atoms with E-state index in [-0.39, 0.29) is 18.4 Å². The van der Waals surface area contributed by atoms with Gasteiger partial charge in [0.1, 0.15) is 6.17 Å². The van der Waals surface area contributed by atoms with Gasteiger partial charge in [-0.25, -0.2) is 0 Å². The molecule has 4 saturated heterocycles. The van der Waals surface area contributed by atoms with E-state index in [9.17, 15) is 9.59 Å². The summed E-state index contributed by atoms with van der Waals surface area (Å²) >= 11 is 0. The summed E-state index contributed by atoms with van der Waals surface area (Å²) in [6, 6.07) is 0.555. The van der Waals surface area contributed by atoms with Gasteiger partial charge in [0.05, 0.1) is 6.42 Å². The van der Waals surface area contributed by atoms with Crippen LogP contribution in [0.3, 0.4) is 0 Å². The zero-order valence-electron chi connectivity index (χ0n) is 10.7. The molecule has 0 aromatic heterocycles. The third-order valence-electron chi connectivity index (χ3n) is 4.76. The fourth-order valence-electron chi connectivity index (χ4n) is 4.03. The molecule has 4 rings (SSSR count). The Morgan fingerprint density at radius 3 is 2.50 bits per heavy atom. The number of Topliss-reactive ketones (excluding diaryl/α,β-unsaturated/α-hetero) is 1. The molecule has 0 aliphatic carbocycles. The Labute approximate surface area is 107 Å². The third kappa shape index (κ3) is 1.95. The van der Waals surface area contributed by atoms with Crippen molar-refractivity contribution in [1.82, 2.24) is 9.80 Å². The quantitative estimate of drug-likeness (QED) is 0.714. The average molecular weight is 251 g/mol. The summed E-state index contributed by atoms with van der Waals surface area (Å²) in [5, 5.41) is 0. The number of ketones is 1. The van der Waals surface area contributed by atoms with Gasteiger partial charge in [-0.15, -0.1) is 0 Å². The van der Waals surface area contributed by atoms with Crippen molar-refractivity contribution in [2.24, 2.45) is 11.7 Å². The van der Waals surface area contributed by atoms with Crippen molar-refractivity contribution >= 4 is 11.7 Å². The second-order valence-corrected chi connectivity index (χ2v) is 5.80. The van der Waals surface area contributed by atoms with Gasteiger partial charge in [-0.1, -0.05) is 0 Å². The van der Waals surface area contributed by atoms with Crippen LogP contribution < -0.4 is 5.73 Å². The van der Waals surface area contributed by atoms with Crippen molar-refractivity contribution in [1.29, 1.82) is 0 Å². The minimum atomic E-state index is -0.504. The zero-order valence-corrected chi connectivity index (χ0v) is 10.7. The molecular formula is C13H21N3O2. The number of amides is 1. The summed E-state index contributed by atoms with van der Waals surface area (Å²) in [7, 11) is 0. The molecule has 4 heterocycles. The minimum Gasteiger partial charge on any atom is -0.369 e. The van der Waals surface area contributed by atoms with Gasteiger partial charge in [-0.3, -0.25) is 19.4 Å². The molecular weight excluding hydrogens is 230 g/mol. The van der Waals surface area contributed by atoms with E-state index in [1.54, 1.807) is 0 Å². The van der Waals surface area contributed by atoms with Gasteiger partial charge in [0.15, 0.2) is 5.78 Å². The molecule has 0 spiro atoms. The number of carbonyl (C=O) groups excluding carboxylic acids is 2. The number of hydrogen-bond acceptors (Lipinski definition) is 4. The van der Waals surface area contributed by atoms with Crippen LogP contribution >= 0.6 is 0 Å². The molecule has 4 fully saturated rings. The predicted octanol–water partition coefficient (Wildman–Crippen LogP) is -0.0530. The second kappa shape index (κ2) is 4.63. The maximum absolute atomic E-state index is 12.3. The molecule has 0 aromatic rings. The molecule has 2 bridgehead atoms. The maximum Gasteiger partial charge on any atom is 0.224 e. The van der Waals surface area contributed by atoms with Crippen LogP contribution in [0.15, 0.2) is 0 Å². The van der Waals surface area contributed by atoms with Crippen LogP contribution in [0.25, 0.3) is 0 Å². The number of piperidine rings is 1. The third-order valence-corrected chi connectivity index (χ3v) is 4.76. The maximum atomic E-state index is 12.3. The largest absolute Gasteiger partial charge is 0.369 e. The lowest BCUT2D eigenvalue weighted by Gasteiger charge is -2.34. The van der Waals surface area contributed by atoms with Crippen molar-refractivity contribution in [3.05, 3.63) is 0 Å². The average Bonchev–Trinajstić information content (AvgIpc) is 2.69. The Kier molecular flexibility index (Phi) is 3.11. The second-order valence-electron chi connectivity index (χ2n) is 5.80. The highest BCUT2D eigenvalue weighted by molar-refractivity contribution is 5.99. The van der Waals surface area contributed by atoms with Crippen LogP contribution in [0, 0.1) is 5.92 Å². The molecule has 2 unspecified atom stereocenters. The number of nitrogens with zero attached hydrogens (tertiary/aromatic N) is 2. The Balaban J connectivity index is 1.85. The number of rotatable bonds is 3. The minimum absolute atomic E-state index is 0.00282. The van der Waals surface area contributed by atoms with Crippen molar-refractivity contribution in [2.45, 2.75) is 44.3 Å². The number of fused-ring (bicyclic) bond motifs is 2. The van der Waals surface area contributed by atoms with Crippen LogP contribution in [-0.2, 0) is 9.59 Å². The van der Waals surface area contributed by atoms with Gasteiger partial charge in [0.25, 0.3) is 0 Å². The summed E-state index contributed by atoms with van der Waals surface area (Å²) in [5.41, 5.74) is 5.18. The number of nitrogens with two attached hydrogens (primary N) is 1. The van der Waals surface area contributed by atoms with E-state index in [1.165, 1.54) is 25.7 Å². The molecule has 2 atom stereocenters. The van der Waals surface area contributed by atoms with Crippen molar-refractivity contribution in [2.75, 3.05) is 19.6 Å². The molecule has 0 aromatic carbocycles. The molecule has 0 radical (unpaired) electrons. The van der Waals surface area contributed by atoms with Crippen LogP contribution in [0.1, 0.15) is 32.1 Å².